The maximum atomic E-state index is 12.2. The molecule has 1 rings (SSSR count). The van der Waals surface area contributed by atoms with E-state index in [0.29, 0.717) is 4.47 Å². The standard InChI is InChI=1S/C9H9BrF3NO2.ClH/c10-4-1-2-5(6(15)3-4)7(14)8(16)9(11,12)13;/h1-3,7-8,15-16H,14H2;1H/t7-,8-;/m1./s1. The van der Waals surface area contributed by atoms with Crippen molar-refractivity contribution in [2.45, 2.75) is 18.3 Å². The second-order valence-corrected chi connectivity index (χ2v) is 4.13. The van der Waals surface area contributed by atoms with E-state index in [2.05, 4.69) is 15.9 Å². The van der Waals surface area contributed by atoms with Gasteiger partial charge >= 0.3 is 6.18 Å². The summed E-state index contributed by atoms with van der Waals surface area (Å²) in [7, 11) is 0. The van der Waals surface area contributed by atoms with Gasteiger partial charge in [-0.2, -0.15) is 13.2 Å². The molecular weight excluding hydrogens is 326 g/mol. The summed E-state index contributed by atoms with van der Waals surface area (Å²) in [6.45, 7) is 0. The van der Waals surface area contributed by atoms with Crippen LogP contribution in [0.25, 0.3) is 0 Å². The van der Waals surface area contributed by atoms with Crippen LogP contribution < -0.4 is 5.73 Å². The molecule has 0 saturated carbocycles. The maximum Gasteiger partial charge on any atom is 0.416 e. The molecule has 0 bridgehead atoms. The molecule has 1 aromatic rings. The van der Waals surface area contributed by atoms with E-state index in [4.69, 9.17) is 10.8 Å². The highest BCUT2D eigenvalue weighted by molar-refractivity contribution is 9.10. The van der Waals surface area contributed by atoms with Crippen LogP contribution in [0.2, 0.25) is 0 Å². The molecule has 0 radical (unpaired) electrons. The van der Waals surface area contributed by atoms with Crippen molar-refractivity contribution in [1.82, 2.24) is 0 Å². The van der Waals surface area contributed by atoms with Crippen LogP contribution in [-0.4, -0.2) is 22.5 Å². The van der Waals surface area contributed by atoms with Crippen molar-refractivity contribution in [3.05, 3.63) is 28.2 Å². The third-order valence-corrected chi connectivity index (χ3v) is 2.52. The highest BCUT2D eigenvalue weighted by Gasteiger charge is 2.43. The van der Waals surface area contributed by atoms with E-state index in [1.165, 1.54) is 18.2 Å². The van der Waals surface area contributed by atoms with Gasteiger partial charge in [0.15, 0.2) is 6.10 Å². The highest BCUT2D eigenvalue weighted by atomic mass is 79.9. The number of aliphatic hydroxyl groups is 1. The quantitative estimate of drug-likeness (QED) is 0.777. The third-order valence-electron chi connectivity index (χ3n) is 2.03. The minimum absolute atomic E-state index is 0. The maximum absolute atomic E-state index is 12.2. The summed E-state index contributed by atoms with van der Waals surface area (Å²) in [4.78, 5) is 0. The number of alkyl halides is 3. The van der Waals surface area contributed by atoms with Gasteiger partial charge in [0.05, 0.1) is 6.04 Å². The summed E-state index contributed by atoms with van der Waals surface area (Å²) < 4.78 is 37.0. The van der Waals surface area contributed by atoms with Crippen LogP contribution >= 0.6 is 28.3 Å². The number of rotatable bonds is 2. The zero-order valence-corrected chi connectivity index (χ0v) is 10.7. The summed E-state index contributed by atoms with van der Waals surface area (Å²) in [6.07, 6.45) is -7.53. The fourth-order valence-corrected chi connectivity index (χ4v) is 1.52. The smallest absolute Gasteiger partial charge is 0.416 e. The Morgan fingerprint density at radius 3 is 2.24 bits per heavy atom. The van der Waals surface area contributed by atoms with Gasteiger partial charge in [0.2, 0.25) is 0 Å². The van der Waals surface area contributed by atoms with Gasteiger partial charge in [-0.25, -0.2) is 0 Å². The number of phenols is 1. The molecule has 0 aliphatic heterocycles. The fourth-order valence-electron chi connectivity index (χ4n) is 1.17. The van der Waals surface area contributed by atoms with Crippen LogP contribution in [0.5, 0.6) is 5.75 Å². The Bertz CT molecular complexity index is 389. The fraction of sp³-hybridized carbons (Fsp3) is 0.333. The molecule has 0 aliphatic carbocycles. The first kappa shape index (κ1) is 16.5. The Morgan fingerprint density at radius 1 is 1.29 bits per heavy atom. The molecule has 0 unspecified atom stereocenters. The normalized spacial score (nSPS) is 14.9. The van der Waals surface area contributed by atoms with E-state index >= 15 is 0 Å². The second kappa shape index (κ2) is 5.90. The van der Waals surface area contributed by atoms with Gasteiger partial charge in [0.25, 0.3) is 0 Å². The Hall–Kier alpha value is -0.500. The van der Waals surface area contributed by atoms with Crippen LogP contribution in [-0.2, 0) is 0 Å². The van der Waals surface area contributed by atoms with Crippen molar-refractivity contribution in [3.63, 3.8) is 0 Å². The predicted molar refractivity (Wildman–Crippen MR) is 62.0 cm³/mol. The number of nitrogens with two attached hydrogens (primary N) is 1. The molecule has 8 heteroatoms. The number of hydrogen-bond donors (Lipinski definition) is 3. The Kier molecular flexibility index (Phi) is 5.73. The van der Waals surface area contributed by atoms with Crippen LogP contribution in [0.1, 0.15) is 11.6 Å². The van der Waals surface area contributed by atoms with Crippen molar-refractivity contribution >= 4 is 28.3 Å². The van der Waals surface area contributed by atoms with E-state index in [9.17, 15) is 18.3 Å². The molecule has 0 aromatic heterocycles. The van der Waals surface area contributed by atoms with Crippen molar-refractivity contribution < 1.29 is 23.4 Å². The van der Waals surface area contributed by atoms with E-state index < -0.39 is 24.1 Å². The number of phenolic OH excluding ortho intramolecular Hbond substituents is 1. The molecule has 4 N–H and O–H groups in total. The largest absolute Gasteiger partial charge is 0.508 e. The lowest BCUT2D eigenvalue weighted by molar-refractivity contribution is -0.210. The van der Waals surface area contributed by atoms with Gasteiger partial charge in [0, 0.05) is 10.0 Å². The molecule has 1 aromatic carbocycles. The SMILES string of the molecule is Cl.N[C@H](c1ccc(Br)cc1O)[C@@H](O)C(F)(F)F. The number of aromatic hydroxyl groups is 1. The van der Waals surface area contributed by atoms with Crippen LogP contribution in [0, 0.1) is 0 Å². The Balaban J connectivity index is 0.00000256. The van der Waals surface area contributed by atoms with Crippen LogP contribution in [0.3, 0.4) is 0 Å². The summed E-state index contributed by atoms with van der Waals surface area (Å²) >= 11 is 3.04. The van der Waals surface area contributed by atoms with Gasteiger partial charge < -0.3 is 15.9 Å². The minimum atomic E-state index is -4.82. The lowest BCUT2D eigenvalue weighted by Crippen LogP contribution is -2.38. The number of halogens is 5. The predicted octanol–water partition coefficient (Wildman–Crippen LogP) is 2.50. The van der Waals surface area contributed by atoms with Gasteiger partial charge in [-0.1, -0.05) is 22.0 Å². The molecule has 17 heavy (non-hydrogen) atoms. The van der Waals surface area contributed by atoms with Crippen LogP contribution in [0.15, 0.2) is 22.7 Å². The van der Waals surface area contributed by atoms with E-state index in [0.717, 1.165) is 0 Å². The second-order valence-electron chi connectivity index (χ2n) is 3.22. The molecule has 0 spiro atoms. The van der Waals surface area contributed by atoms with Crippen molar-refractivity contribution in [3.8, 4) is 5.75 Å². The molecule has 0 heterocycles. The van der Waals surface area contributed by atoms with Gasteiger partial charge in [0.1, 0.15) is 5.75 Å². The molecule has 0 fully saturated rings. The zero-order chi connectivity index (χ0) is 12.5. The molecule has 98 valence electrons. The average molecular weight is 337 g/mol. The Morgan fingerprint density at radius 2 is 1.82 bits per heavy atom. The zero-order valence-electron chi connectivity index (χ0n) is 8.28. The lowest BCUT2D eigenvalue weighted by Gasteiger charge is -2.22. The number of aliphatic hydroxyl groups excluding tert-OH is 1. The van der Waals surface area contributed by atoms with Crippen molar-refractivity contribution in [1.29, 1.82) is 0 Å². The van der Waals surface area contributed by atoms with Gasteiger partial charge in [-0.3, -0.25) is 0 Å². The van der Waals surface area contributed by atoms with Crippen LogP contribution in [0.4, 0.5) is 13.2 Å². The molecule has 0 aliphatic rings. The Labute approximate surface area is 110 Å². The summed E-state index contributed by atoms with van der Waals surface area (Å²) in [5, 5.41) is 18.3. The molecular formula is C9H10BrClF3NO2. The monoisotopic (exact) mass is 335 g/mol. The van der Waals surface area contributed by atoms with E-state index in [-0.39, 0.29) is 18.0 Å². The topological polar surface area (TPSA) is 66.5 Å². The van der Waals surface area contributed by atoms with E-state index in [1.807, 2.05) is 0 Å². The molecule has 3 nitrogen and oxygen atoms in total. The molecule has 0 saturated heterocycles. The third kappa shape index (κ3) is 4.02. The molecule has 0 amide bonds. The van der Waals surface area contributed by atoms with Crippen molar-refractivity contribution in [2.24, 2.45) is 5.73 Å². The molecule has 2 atom stereocenters. The number of hydrogen-bond acceptors (Lipinski definition) is 3. The lowest BCUT2D eigenvalue weighted by atomic mass is 10.0. The summed E-state index contributed by atoms with van der Waals surface area (Å²) in [5.74, 6) is -0.398. The summed E-state index contributed by atoms with van der Waals surface area (Å²) in [5.41, 5.74) is 5.07. The first-order valence-corrected chi connectivity index (χ1v) is 5.01. The number of benzene rings is 1. The first-order valence-electron chi connectivity index (χ1n) is 4.22. The minimum Gasteiger partial charge on any atom is -0.508 e. The van der Waals surface area contributed by atoms with Gasteiger partial charge in [-0.05, 0) is 12.1 Å². The van der Waals surface area contributed by atoms with E-state index in [1.54, 1.807) is 0 Å². The average Bonchev–Trinajstić information content (AvgIpc) is 2.14. The first-order chi connectivity index (χ1) is 7.23. The summed E-state index contributed by atoms with van der Waals surface area (Å²) in [6, 6.07) is 2.14. The highest BCUT2D eigenvalue weighted by Crippen LogP contribution is 2.33. The van der Waals surface area contributed by atoms with Gasteiger partial charge in [-0.15, -0.1) is 12.4 Å². The van der Waals surface area contributed by atoms with Crippen molar-refractivity contribution in [2.75, 3.05) is 0 Å².